The lowest BCUT2D eigenvalue weighted by Gasteiger charge is -2.35. The average Bonchev–Trinajstić information content (AvgIpc) is 2.92. The van der Waals surface area contributed by atoms with Crippen LogP contribution < -0.4 is 5.32 Å². The fraction of sp³-hybridized carbons (Fsp3) is 0.941. The number of amides is 1. The van der Waals surface area contributed by atoms with Crippen LogP contribution in [0.5, 0.6) is 0 Å². The van der Waals surface area contributed by atoms with E-state index in [1.54, 1.807) is 0 Å². The van der Waals surface area contributed by atoms with E-state index < -0.39 is 0 Å². The fourth-order valence-electron chi connectivity index (χ4n) is 3.08. The minimum Gasteiger partial charge on any atom is -0.379 e. The number of carbonyl (C=O) groups excluding carboxylic acids is 1. The third-order valence-electron chi connectivity index (χ3n) is 4.28. The Labute approximate surface area is 130 Å². The molecule has 1 aliphatic rings. The molecule has 4 heteroatoms. The van der Waals surface area contributed by atoms with E-state index in [0.29, 0.717) is 25.2 Å². The summed E-state index contributed by atoms with van der Waals surface area (Å²) >= 11 is 0. The number of hydrogen-bond donors (Lipinski definition) is 1. The van der Waals surface area contributed by atoms with Crippen LogP contribution in [0.1, 0.15) is 53.9 Å². The predicted octanol–water partition coefficient (Wildman–Crippen LogP) is 2.67. The molecule has 21 heavy (non-hydrogen) atoms. The molecule has 1 N–H and O–H groups in total. The Hall–Kier alpha value is -0.610. The van der Waals surface area contributed by atoms with Gasteiger partial charge in [-0.15, -0.1) is 0 Å². The molecule has 0 saturated carbocycles. The Bertz CT molecular complexity index is 303. The van der Waals surface area contributed by atoms with E-state index >= 15 is 0 Å². The summed E-state index contributed by atoms with van der Waals surface area (Å²) in [5.74, 6) is 0.762. The summed E-state index contributed by atoms with van der Waals surface area (Å²) in [5.41, 5.74) is 0. The molecule has 0 spiro atoms. The van der Waals surface area contributed by atoms with Crippen molar-refractivity contribution in [3.05, 3.63) is 0 Å². The molecule has 1 amide bonds. The number of rotatable bonds is 9. The summed E-state index contributed by atoms with van der Waals surface area (Å²) in [6.45, 7) is 13.9. The van der Waals surface area contributed by atoms with Gasteiger partial charge in [-0.25, -0.2) is 0 Å². The van der Waals surface area contributed by atoms with E-state index in [4.69, 9.17) is 4.74 Å². The van der Waals surface area contributed by atoms with Crippen molar-refractivity contribution in [3.63, 3.8) is 0 Å². The molecule has 0 bridgehead atoms. The Morgan fingerprint density at radius 2 is 1.90 bits per heavy atom. The summed E-state index contributed by atoms with van der Waals surface area (Å²) in [6, 6.07) is 0.536. The van der Waals surface area contributed by atoms with E-state index in [1.807, 2.05) is 0 Å². The molecule has 2 atom stereocenters. The van der Waals surface area contributed by atoms with Gasteiger partial charge in [-0.3, -0.25) is 4.79 Å². The van der Waals surface area contributed by atoms with Crippen molar-refractivity contribution in [1.82, 2.24) is 10.2 Å². The van der Waals surface area contributed by atoms with Crippen molar-refractivity contribution < 1.29 is 9.53 Å². The van der Waals surface area contributed by atoms with E-state index in [9.17, 15) is 4.79 Å². The zero-order chi connectivity index (χ0) is 15.8. The molecule has 124 valence electrons. The maximum absolute atomic E-state index is 13.0. The first-order valence-electron chi connectivity index (χ1n) is 8.66. The Morgan fingerprint density at radius 1 is 1.24 bits per heavy atom. The summed E-state index contributed by atoms with van der Waals surface area (Å²) in [6.07, 6.45) is 3.13. The van der Waals surface area contributed by atoms with Crippen LogP contribution >= 0.6 is 0 Å². The Morgan fingerprint density at radius 3 is 2.43 bits per heavy atom. The molecule has 1 fully saturated rings. The molecule has 1 saturated heterocycles. The summed E-state index contributed by atoms with van der Waals surface area (Å²) < 4.78 is 5.58. The number of hydrogen-bond acceptors (Lipinski definition) is 3. The Kier molecular flexibility index (Phi) is 8.27. The second kappa shape index (κ2) is 9.42. The first-order chi connectivity index (χ1) is 10.0. The van der Waals surface area contributed by atoms with Crippen molar-refractivity contribution in [2.24, 2.45) is 11.8 Å². The van der Waals surface area contributed by atoms with E-state index in [2.05, 4.69) is 44.8 Å². The summed E-state index contributed by atoms with van der Waals surface area (Å²) in [5, 5.41) is 3.47. The molecular formula is C17H34N2O2. The zero-order valence-electron chi connectivity index (χ0n) is 14.5. The van der Waals surface area contributed by atoms with Crippen LogP contribution in [0.3, 0.4) is 0 Å². The largest absolute Gasteiger partial charge is 0.379 e. The van der Waals surface area contributed by atoms with Crippen LogP contribution in [0.25, 0.3) is 0 Å². The van der Waals surface area contributed by atoms with Gasteiger partial charge in [0.05, 0.1) is 19.1 Å². The van der Waals surface area contributed by atoms with Crippen LogP contribution in [-0.4, -0.2) is 49.2 Å². The van der Waals surface area contributed by atoms with Gasteiger partial charge in [0.25, 0.3) is 0 Å². The van der Waals surface area contributed by atoms with Crippen LogP contribution in [0.15, 0.2) is 0 Å². The fourth-order valence-corrected chi connectivity index (χ4v) is 3.08. The molecule has 1 heterocycles. The number of ether oxygens (including phenoxy) is 1. The second-order valence-corrected chi connectivity index (χ2v) is 6.56. The highest BCUT2D eigenvalue weighted by Gasteiger charge is 2.37. The highest BCUT2D eigenvalue weighted by atomic mass is 16.5. The zero-order valence-corrected chi connectivity index (χ0v) is 14.5. The minimum atomic E-state index is -0.0177. The first kappa shape index (κ1) is 18.4. The van der Waals surface area contributed by atoms with Gasteiger partial charge in [-0.05, 0) is 31.7 Å². The molecule has 0 aliphatic carbocycles. The SMILES string of the molecule is CCCNC1COCC1C(=O)N(CC(C)C)C(CC)CC. The van der Waals surface area contributed by atoms with Crippen LogP contribution in [0, 0.1) is 11.8 Å². The van der Waals surface area contributed by atoms with Crippen LogP contribution in [-0.2, 0) is 9.53 Å². The molecule has 0 aromatic rings. The molecule has 0 aromatic heterocycles. The molecule has 1 aliphatic heterocycles. The Balaban J connectivity index is 2.77. The standard InChI is InChI=1S/C17H34N2O2/c1-6-9-18-16-12-21-11-15(16)17(20)19(10-13(4)5)14(7-2)8-3/h13-16,18H,6-12H2,1-5H3. The molecule has 2 unspecified atom stereocenters. The monoisotopic (exact) mass is 298 g/mol. The smallest absolute Gasteiger partial charge is 0.229 e. The number of carbonyl (C=O) groups is 1. The van der Waals surface area contributed by atoms with Gasteiger partial charge in [0, 0.05) is 18.6 Å². The predicted molar refractivity (Wildman–Crippen MR) is 87.3 cm³/mol. The maximum atomic E-state index is 13.0. The normalized spacial score (nSPS) is 22.2. The summed E-state index contributed by atoms with van der Waals surface area (Å²) in [7, 11) is 0. The first-order valence-corrected chi connectivity index (χ1v) is 8.66. The highest BCUT2D eigenvalue weighted by Crippen LogP contribution is 2.21. The van der Waals surface area contributed by atoms with E-state index in [-0.39, 0.29) is 17.9 Å². The molecular weight excluding hydrogens is 264 g/mol. The van der Waals surface area contributed by atoms with E-state index in [0.717, 1.165) is 32.4 Å². The van der Waals surface area contributed by atoms with Gasteiger partial charge in [0.2, 0.25) is 5.91 Å². The lowest BCUT2D eigenvalue weighted by molar-refractivity contribution is -0.139. The lowest BCUT2D eigenvalue weighted by atomic mass is 9.98. The highest BCUT2D eigenvalue weighted by molar-refractivity contribution is 5.80. The van der Waals surface area contributed by atoms with E-state index in [1.165, 1.54) is 0 Å². The van der Waals surface area contributed by atoms with Crippen molar-refractivity contribution >= 4 is 5.91 Å². The van der Waals surface area contributed by atoms with Gasteiger partial charge in [0.1, 0.15) is 0 Å². The average molecular weight is 298 g/mol. The minimum absolute atomic E-state index is 0.0177. The molecule has 1 rings (SSSR count). The third-order valence-corrected chi connectivity index (χ3v) is 4.28. The quantitative estimate of drug-likeness (QED) is 0.711. The van der Waals surface area contributed by atoms with Crippen LogP contribution in [0.4, 0.5) is 0 Å². The van der Waals surface area contributed by atoms with Crippen molar-refractivity contribution in [2.45, 2.75) is 66.0 Å². The van der Waals surface area contributed by atoms with Crippen molar-refractivity contribution in [1.29, 1.82) is 0 Å². The second-order valence-electron chi connectivity index (χ2n) is 6.56. The number of nitrogens with one attached hydrogen (secondary N) is 1. The van der Waals surface area contributed by atoms with Gasteiger partial charge in [-0.2, -0.15) is 0 Å². The number of nitrogens with zero attached hydrogens (tertiary/aromatic N) is 1. The van der Waals surface area contributed by atoms with Gasteiger partial charge in [-0.1, -0.05) is 34.6 Å². The molecule has 4 nitrogen and oxygen atoms in total. The van der Waals surface area contributed by atoms with Gasteiger partial charge in [0.15, 0.2) is 0 Å². The third kappa shape index (κ3) is 5.26. The molecule has 0 aromatic carbocycles. The van der Waals surface area contributed by atoms with Gasteiger partial charge < -0.3 is 15.0 Å². The topological polar surface area (TPSA) is 41.6 Å². The van der Waals surface area contributed by atoms with Crippen molar-refractivity contribution in [3.8, 4) is 0 Å². The van der Waals surface area contributed by atoms with Crippen molar-refractivity contribution in [2.75, 3.05) is 26.3 Å². The van der Waals surface area contributed by atoms with Crippen LogP contribution in [0.2, 0.25) is 0 Å². The van der Waals surface area contributed by atoms with Gasteiger partial charge >= 0.3 is 0 Å². The molecule has 0 radical (unpaired) electrons. The maximum Gasteiger partial charge on any atom is 0.229 e. The summed E-state index contributed by atoms with van der Waals surface area (Å²) in [4.78, 5) is 15.1. The lowest BCUT2D eigenvalue weighted by Crippen LogP contribution is -2.50.